The Morgan fingerprint density at radius 3 is 2.40 bits per heavy atom. The van der Waals surface area contributed by atoms with Crippen LogP contribution in [0.25, 0.3) is 0 Å². The maximum Gasteiger partial charge on any atom is 0.325 e. The number of nitrogens with one attached hydrogen (secondary N) is 2. The summed E-state index contributed by atoms with van der Waals surface area (Å²) in [5.74, 6) is -1.05. The summed E-state index contributed by atoms with van der Waals surface area (Å²) in [5, 5.41) is 13.9. The lowest BCUT2D eigenvalue weighted by molar-refractivity contribution is -0.138. The van der Waals surface area contributed by atoms with Crippen LogP contribution in [0, 0.1) is 0 Å². The van der Waals surface area contributed by atoms with Crippen molar-refractivity contribution in [1.82, 2.24) is 10.6 Å². The molecule has 0 aliphatic heterocycles. The minimum atomic E-state index is -1.05. The molecule has 0 aromatic heterocycles. The SMILES string of the molecule is C[C@H](NC(=O)NC(C)(C)CCc1ccccc1)C(=O)O. The Hall–Kier alpha value is -2.04. The van der Waals surface area contributed by atoms with Gasteiger partial charge in [0.15, 0.2) is 0 Å². The van der Waals surface area contributed by atoms with Crippen LogP contribution in [0.4, 0.5) is 4.79 Å². The smallest absolute Gasteiger partial charge is 0.325 e. The van der Waals surface area contributed by atoms with Crippen molar-refractivity contribution >= 4 is 12.0 Å². The highest BCUT2D eigenvalue weighted by atomic mass is 16.4. The largest absolute Gasteiger partial charge is 0.480 e. The fraction of sp³-hybridized carbons (Fsp3) is 0.467. The number of amides is 2. The van der Waals surface area contributed by atoms with Crippen LogP contribution in [0.1, 0.15) is 32.8 Å². The summed E-state index contributed by atoms with van der Waals surface area (Å²) >= 11 is 0. The van der Waals surface area contributed by atoms with Gasteiger partial charge in [-0.25, -0.2) is 4.79 Å². The van der Waals surface area contributed by atoms with E-state index >= 15 is 0 Å². The van der Waals surface area contributed by atoms with Crippen molar-refractivity contribution in [1.29, 1.82) is 0 Å². The first-order valence-electron chi connectivity index (χ1n) is 6.65. The number of benzene rings is 1. The molecule has 1 rings (SSSR count). The second kappa shape index (κ2) is 6.93. The van der Waals surface area contributed by atoms with Gasteiger partial charge in [0.2, 0.25) is 0 Å². The predicted octanol–water partition coefficient (Wildman–Crippen LogP) is 2.17. The lowest BCUT2D eigenvalue weighted by atomic mass is 9.95. The number of rotatable bonds is 6. The summed E-state index contributed by atoms with van der Waals surface area (Å²) in [6.45, 7) is 5.26. The second-order valence-electron chi connectivity index (χ2n) is 5.53. The molecule has 1 aromatic carbocycles. The van der Waals surface area contributed by atoms with E-state index in [1.54, 1.807) is 0 Å². The van der Waals surface area contributed by atoms with E-state index in [2.05, 4.69) is 10.6 Å². The topological polar surface area (TPSA) is 78.4 Å². The highest BCUT2D eigenvalue weighted by Crippen LogP contribution is 2.13. The molecule has 1 aromatic rings. The van der Waals surface area contributed by atoms with E-state index in [0.29, 0.717) is 0 Å². The van der Waals surface area contributed by atoms with E-state index in [1.165, 1.54) is 12.5 Å². The lowest BCUT2D eigenvalue weighted by Gasteiger charge is -2.27. The van der Waals surface area contributed by atoms with Gasteiger partial charge in [0, 0.05) is 5.54 Å². The maximum atomic E-state index is 11.7. The van der Waals surface area contributed by atoms with Crippen molar-refractivity contribution in [3.8, 4) is 0 Å². The molecular formula is C15H22N2O3. The molecule has 1 atom stereocenters. The quantitative estimate of drug-likeness (QED) is 0.746. The van der Waals surface area contributed by atoms with Crippen LogP contribution in [0.3, 0.4) is 0 Å². The fourth-order valence-electron chi connectivity index (χ4n) is 1.77. The molecule has 0 saturated carbocycles. The third kappa shape index (κ3) is 5.73. The summed E-state index contributed by atoms with van der Waals surface area (Å²) in [7, 11) is 0. The molecule has 0 bridgehead atoms. The van der Waals surface area contributed by atoms with Crippen molar-refractivity contribution in [2.45, 2.75) is 45.2 Å². The Kier molecular flexibility index (Phi) is 5.55. The highest BCUT2D eigenvalue weighted by molar-refractivity contribution is 5.82. The van der Waals surface area contributed by atoms with E-state index in [4.69, 9.17) is 5.11 Å². The minimum Gasteiger partial charge on any atom is -0.480 e. The average molecular weight is 278 g/mol. The Morgan fingerprint density at radius 1 is 1.25 bits per heavy atom. The van der Waals surface area contributed by atoms with Crippen LogP contribution in [-0.4, -0.2) is 28.7 Å². The van der Waals surface area contributed by atoms with E-state index in [0.717, 1.165) is 12.8 Å². The number of carboxylic acids is 1. The molecule has 5 heteroatoms. The van der Waals surface area contributed by atoms with Crippen LogP contribution in [0.5, 0.6) is 0 Å². The summed E-state index contributed by atoms with van der Waals surface area (Å²) in [6, 6.07) is 8.66. The number of carbonyl (C=O) groups is 2. The van der Waals surface area contributed by atoms with Crippen LogP contribution < -0.4 is 10.6 Å². The molecular weight excluding hydrogens is 256 g/mol. The number of urea groups is 1. The number of aliphatic carboxylic acids is 1. The molecule has 3 N–H and O–H groups in total. The van der Waals surface area contributed by atoms with Gasteiger partial charge >= 0.3 is 12.0 Å². The number of carbonyl (C=O) groups excluding carboxylic acids is 1. The molecule has 0 spiro atoms. The van der Waals surface area contributed by atoms with E-state index in [9.17, 15) is 9.59 Å². The van der Waals surface area contributed by atoms with Gasteiger partial charge < -0.3 is 15.7 Å². The van der Waals surface area contributed by atoms with Gasteiger partial charge in [-0.05, 0) is 39.2 Å². The Morgan fingerprint density at radius 2 is 1.85 bits per heavy atom. The summed E-state index contributed by atoms with van der Waals surface area (Å²) < 4.78 is 0. The average Bonchev–Trinajstić information content (AvgIpc) is 2.37. The molecule has 0 unspecified atom stereocenters. The van der Waals surface area contributed by atoms with Gasteiger partial charge in [-0.3, -0.25) is 4.79 Å². The van der Waals surface area contributed by atoms with Crippen molar-refractivity contribution in [2.24, 2.45) is 0 Å². The molecule has 0 aliphatic carbocycles. The number of hydrogen-bond acceptors (Lipinski definition) is 2. The van der Waals surface area contributed by atoms with Crippen molar-refractivity contribution in [2.75, 3.05) is 0 Å². The standard InChI is InChI=1S/C15H22N2O3/c1-11(13(18)19)16-14(20)17-15(2,3)10-9-12-7-5-4-6-8-12/h4-8,11H,9-10H2,1-3H3,(H,18,19)(H2,16,17,20)/t11-/m0/s1. The first-order chi connectivity index (χ1) is 9.30. The molecule has 0 fully saturated rings. The molecule has 0 radical (unpaired) electrons. The van der Waals surface area contributed by atoms with Crippen LogP contribution in [0.15, 0.2) is 30.3 Å². The zero-order chi connectivity index (χ0) is 15.2. The zero-order valence-electron chi connectivity index (χ0n) is 12.1. The number of hydrogen-bond donors (Lipinski definition) is 3. The Bertz CT molecular complexity index is 457. The number of carboxylic acid groups (broad SMARTS) is 1. The first kappa shape index (κ1) is 16.0. The van der Waals surface area contributed by atoms with Crippen molar-refractivity contribution in [3.63, 3.8) is 0 Å². The molecule has 0 heterocycles. The van der Waals surface area contributed by atoms with Crippen molar-refractivity contribution in [3.05, 3.63) is 35.9 Å². The van der Waals surface area contributed by atoms with Crippen LogP contribution in [-0.2, 0) is 11.2 Å². The van der Waals surface area contributed by atoms with Gasteiger partial charge in [0.25, 0.3) is 0 Å². The van der Waals surface area contributed by atoms with Gasteiger partial charge in [-0.1, -0.05) is 30.3 Å². The first-order valence-corrected chi connectivity index (χ1v) is 6.65. The maximum absolute atomic E-state index is 11.7. The van der Waals surface area contributed by atoms with Crippen molar-refractivity contribution < 1.29 is 14.7 Å². The summed E-state index contributed by atoms with van der Waals surface area (Å²) in [5.41, 5.74) is 0.805. The minimum absolute atomic E-state index is 0.405. The molecule has 5 nitrogen and oxygen atoms in total. The molecule has 110 valence electrons. The zero-order valence-corrected chi connectivity index (χ0v) is 12.1. The molecule has 0 saturated heterocycles. The highest BCUT2D eigenvalue weighted by Gasteiger charge is 2.22. The van der Waals surface area contributed by atoms with Gasteiger partial charge in [0.1, 0.15) is 6.04 Å². The molecule has 0 aliphatic rings. The van der Waals surface area contributed by atoms with Crippen LogP contribution in [0.2, 0.25) is 0 Å². The normalized spacial score (nSPS) is 12.6. The van der Waals surface area contributed by atoms with Crippen LogP contribution >= 0.6 is 0 Å². The third-order valence-corrected chi connectivity index (χ3v) is 3.05. The molecule has 20 heavy (non-hydrogen) atoms. The monoisotopic (exact) mass is 278 g/mol. The van der Waals surface area contributed by atoms with E-state index in [-0.39, 0.29) is 0 Å². The Labute approximate surface area is 119 Å². The van der Waals surface area contributed by atoms with E-state index < -0.39 is 23.6 Å². The third-order valence-electron chi connectivity index (χ3n) is 3.05. The van der Waals surface area contributed by atoms with Gasteiger partial charge in [0.05, 0.1) is 0 Å². The fourth-order valence-corrected chi connectivity index (χ4v) is 1.77. The van der Waals surface area contributed by atoms with E-state index in [1.807, 2.05) is 44.2 Å². The summed E-state index contributed by atoms with van der Waals surface area (Å²) in [6.07, 6.45) is 1.62. The second-order valence-corrected chi connectivity index (χ2v) is 5.53. The van der Waals surface area contributed by atoms with Gasteiger partial charge in [-0.15, -0.1) is 0 Å². The summed E-state index contributed by atoms with van der Waals surface area (Å²) in [4.78, 5) is 22.4. The molecule has 2 amide bonds. The predicted molar refractivity (Wildman–Crippen MR) is 77.6 cm³/mol. The Balaban J connectivity index is 2.44. The van der Waals surface area contributed by atoms with Gasteiger partial charge in [-0.2, -0.15) is 0 Å². The number of aryl methyl sites for hydroxylation is 1. The lowest BCUT2D eigenvalue weighted by Crippen LogP contribution is -2.52.